The van der Waals surface area contributed by atoms with Gasteiger partial charge in [-0.2, -0.15) is 0 Å². The van der Waals surface area contributed by atoms with Crippen LogP contribution in [-0.2, 0) is 19.5 Å². The van der Waals surface area contributed by atoms with Crippen molar-refractivity contribution in [2.75, 3.05) is 0 Å². The second-order valence-corrected chi connectivity index (χ2v) is 16.5. The fraction of sp³-hybridized carbons (Fsp3) is 0. The van der Waals surface area contributed by atoms with Crippen LogP contribution in [0.1, 0.15) is 0 Å². The molecule has 0 fully saturated rings. The molecule has 1 N–H and O–H groups in total. The van der Waals surface area contributed by atoms with Crippen LogP contribution in [0.5, 0.6) is 0 Å². The quantitative estimate of drug-likeness (QED) is 0.213. The standard InChI is InChI=1S/C34H23N7.2C10H8N2.2ClHO4.Ru/c1-5-17-35-26(9-1)30-21-25(22-31(39-30)27-10-2-6-18-36-27)23-13-15-24(16-14-23)34-40-32(28-11-3-7-19-37-28)33(41-34)29-12-4-8-20-38-29;2*1-3-7-11-9(5-1)10-6-2-4-8-12-10;2*2-1(3,4)5;/h1-22H,(H,40,41);2*1-8H;2*(H,2,3,4,5);/q;;;;;+2/p-2. The Hall–Kier alpha value is -8.34. The molecule has 0 saturated carbocycles. The first-order valence-corrected chi connectivity index (χ1v) is 24.5. The van der Waals surface area contributed by atoms with Crippen molar-refractivity contribution in [2.24, 2.45) is 0 Å². The van der Waals surface area contributed by atoms with E-state index in [1.807, 2.05) is 146 Å². The molecule has 22 heteroatoms. The number of benzene rings is 1. The molecule has 1 aromatic carbocycles. The van der Waals surface area contributed by atoms with Crippen molar-refractivity contribution in [1.29, 1.82) is 0 Å². The van der Waals surface area contributed by atoms with Crippen molar-refractivity contribution < 1.29 is 77.2 Å². The van der Waals surface area contributed by atoms with Crippen molar-refractivity contribution in [1.82, 2.24) is 54.8 Å². The molecule has 0 amide bonds. The largest absolute Gasteiger partial charge is 2.00 e. The van der Waals surface area contributed by atoms with E-state index in [9.17, 15) is 0 Å². The Morgan fingerprint density at radius 2 is 0.539 bits per heavy atom. The first-order valence-electron chi connectivity index (χ1n) is 22.0. The molecule has 11 rings (SSSR count). The summed E-state index contributed by atoms with van der Waals surface area (Å²) in [7, 11) is -9.89. The number of aromatic amines is 1. The Labute approximate surface area is 452 Å². The first-order chi connectivity index (χ1) is 36.2. The zero-order chi connectivity index (χ0) is 52.9. The van der Waals surface area contributed by atoms with Gasteiger partial charge in [0, 0.05) is 55.1 Å². The van der Waals surface area contributed by atoms with Gasteiger partial charge < -0.3 is 4.98 Å². The molecular formula is C54H39Cl2N11O8Ru. The minimum atomic E-state index is -4.94. The number of halogens is 2. The monoisotopic (exact) mass is 1140 g/mol. The van der Waals surface area contributed by atoms with E-state index < -0.39 is 20.5 Å². The third-order valence-electron chi connectivity index (χ3n) is 9.89. The normalized spacial score (nSPS) is 10.5. The summed E-state index contributed by atoms with van der Waals surface area (Å²) in [6.07, 6.45) is 14.2. The molecule has 0 unspecified atom stereocenters. The number of hydrogen-bond donors (Lipinski definition) is 1. The topological polar surface area (TPSA) is 329 Å². The summed E-state index contributed by atoms with van der Waals surface area (Å²) in [5.74, 6) is 0.746. The minimum absolute atomic E-state index is 0. The molecule has 0 bridgehead atoms. The van der Waals surface area contributed by atoms with Gasteiger partial charge in [0.05, 0.1) is 62.6 Å². The number of imidazole rings is 1. The van der Waals surface area contributed by atoms with E-state index in [2.05, 4.69) is 81.3 Å². The summed E-state index contributed by atoms with van der Waals surface area (Å²) in [6.45, 7) is 0. The average Bonchev–Trinajstić information content (AvgIpc) is 3.91. The molecule has 76 heavy (non-hydrogen) atoms. The molecule has 0 aliphatic carbocycles. The Bertz CT molecular complexity index is 3120. The molecular weight excluding hydrogens is 1100 g/mol. The molecule has 0 aliphatic rings. The van der Waals surface area contributed by atoms with Crippen LogP contribution in [-0.4, -0.2) is 54.8 Å². The summed E-state index contributed by atoms with van der Waals surface area (Å²) in [4.78, 5) is 48.2. The molecule has 0 saturated heterocycles. The van der Waals surface area contributed by atoms with Gasteiger partial charge in [0.1, 0.15) is 11.5 Å². The van der Waals surface area contributed by atoms with Crippen LogP contribution in [0, 0.1) is 20.5 Å². The summed E-state index contributed by atoms with van der Waals surface area (Å²) < 4.78 is 67.9. The number of H-pyrrole nitrogens is 1. The summed E-state index contributed by atoms with van der Waals surface area (Å²) in [5, 5.41) is 0. The maximum atomic E-state index is 8.49. The Balaban J connectivity index is 0.000000215. The Morgan fingerprint density at radius 1 is 0.276 bits per heavy atom. The summed E-state index contributed by atoms with van der Waals surface area (Å²) in [6, 6.07) is 59.0. The van der Waals surface area contributed by atoms with E-state index in [1.165, 1.54) is 0 Å². The maximum absolute atomic E-state index is 8.49. The van der Waals surface area contributed by atoms with E-state index in [-0.39, 0.29) is 19.5 Å². The van der Waals surface area contributed by atoms with E-state index in [0.29, 0.717) is 0 Å². The first kappa shape index (κ1) is 57.0. The number of hydrogen-bond acceptors (Lipinski definition) is 18. The van der Waals surface area contributed by atoms with Crippen LogP contribution in [0.15, 0.2) is 232 Å². The van der Waals surface area contributed by atoms with Crippen molar-refractivity contribution in [2.45, 2.75) is 0 Å². The Morgan fingerprint density at radius 3 is 0.829 bits per heavy atom. The van der Waals surface area contributed by atoms with Crippen molar-refractivity contribution in [3.8, 4) is 90.8 Å². The van der Waals surface area contributed by atoms with Gasteiger partial charge in [0.25, 0.3) is 0 Å². The number of rotatable bonds is 8. The van der Waals surface area contributed by atoms with Crippen molar-refractivity contribution in [3.05, 3.63) is 232 Å². The van der Waals surface area contributed by atoms with Crippen LogP contribution < -0.4 is 37.3 Å². The molecule has 10 aromatic heterocycles. The minimum Gasteiger partial charge on any atom is -0.336 e. The zero-order valence-electron chi connectivity index (χ0n) is 39.3. The smallest absolute Gasteiger partial charge is 0.336 e. The van der Waals surface area contributed by atoms with Gasteiger partial charge in [0.15, 0.2) is 0 Å². The third-order valence-corrected chi connectivity index (χ3v) is 9.89. The number of nitrogens with zero attached hydrogens (tertiary/aromatic N) is 10. The fourth-order valence-electron chi connectivity index (χ4n) is 6.76. The number of pyridine rings is 9. The number of aromatic nitrogens is 11. The van der Waals surface area contributed by atoms with E-state index in [0.717, 1.165) is 90.8 Å². The molecule has 380 valence electrons. The summed E-state index contributed by atoms with van der Waals surface area (Å²) in [5.41, 5.74) is 13.1. The fourth-order valence-corrected chi connectivity index (χ4v) is 6.76. The van der Waals surface area contributed by atoms with Crippen LogP contribution >= 0.6 is 0 Å². The zero-order valence-corrected chi connectivity index (χ0v) is 42.5. The molecule has 10 heterocycles. The molecule has 19 nitrogen and oxygen atoms in total. The van der Waals surface area contributed by atoms with Crippen molar-refractivity contribution >= 4 is 0 Å². The summed E-state index contributed by atoms with van der Waals surface area (Å²) >= 11 is 0. The predicted octanol–water partition coefficient (Wildman–Crippen LogP) is 2.16. The van der Waals surface area contributed by atoms with Crippen LogP contribution in [0.25, 0.3) is 90.8 Å². The maximum Gasteiger partial charge on any atom is 2.00 e. The molecule has 0 radical (unpaired) electrons. The van der Waals surface area contributed by atoms with Gasteiger partial charge in [-0.1, -0.05) is 72.8 Å². The third kappa shape index (κ3) is 18.5. The molecule has 11 aromatic rings. The average molecular weight is 1140 g/mol. The van der Waals surface area contributed by atoms with E-state index in [1.54, 1.807) is 49.6 Å². The van der Waals surface area contributed by atoms with Gasteiger partial charge >= 0.3 is 19.5 Å². The van der Waals surface area contributed by atoms with Gasteiger partial charge in [0.2, 0.25) is 0 Å². The van der Waals surface area contributed by atoms with E-state index >= 15 is 0 Å². The van der Waals surface area contributed by atoms with Gasteiger partial charge in [-0.25, -0.2) is 47.2 Å². The SMILES string of the molecule is [O-][Cl+3]([O-])([O-])[O-].[O-][Cl+3]([O-])([O-])[O-].[Ru+2].c1ccc(-c2cc(-c3ccc(-c4nc(-c5ccccn5)c(-c5ccccn5)[nH]4)cc3)cc(-c3ccccn3)n2)nc1.c1ccc(-c2ccccn2)nc1.c1ccc(-c2ccccn2)nc1. The van der Waals surface area contributed by atoms with Gasteiger partial charge in [-0.05, 0) is 120 Å². The second-order valence-electron chi connectivity index (χ2n) is 15.0. The van der Waals surface area contributed by atoms with Crippen LogP contribution in [0.3, 0.4) is 0 Å². The Kier molecular flexibility index (Phi) is 21.3. The predicted molar refractivity (Wildman–Crippen MR) is 255 cm³/mol. The van der Waals surface area contributed by atoms with Gasteiger partial charge in [-0.15, -0.1) is 20.5 Å². The molecule has 0 atom stereocenters. The molecule has 0 aliphatic heterocycles. The van der Waals surface area contributed by atoms with Crippen LogP contribution in [0.4, 0.5) is 0 Å². The van der Waals surface area contributed by atoms with Crippen molar-refractivity contribution in [3.63, 3.8) is 0 Å². The van der Waals surface area contributed by atoms with Gasteiger partial charge in [-0.3, -0.25) is 39.9 Å². The molecule has 0 spiro atoms. The second kappa shape index (κ2) is 28.4. The van der Waals surface area contributed by atoms with E-state index in [4.69, 9.17) is 47.2 Å². The number of nitrogens with one attached hydrogen (secondary N) is 1. The van der Waals surface area contributed by atoms with Crippen LogP contribution in [0.2, 0.25) is 0 Å².